The Balaban J connectivity index is 2.03. The van der Waals surface area contributed by atoms with Crippen LogP contribution in [-0.2, 0) is 19.7 Å². The van der Waals surface area contributed by atoms with Gasteiger partial charge in [0.05, 0.1) is 6.04 Å². The Morgan fingerprint density at radius 1 is 1.28 bits per heavy atom. The van der Waals surface area contributed by atoms with E-state index >= 15 is 0 Å². The SMILES string of the molecule is CC(C)(C)c1ccc(C(OCCCCC(=O)O)C2CCC(=O)N2)cc1. The molecular formula is C20H29NO4. The van der Waals surface area contributed by atoms with Gasteiger partial charge in [0.2, 0.25) is 5.91 Å². The molecule has 0 aromatic heterocycles. The average Bonchev–Trinajstić information content (AvgIpc) is 2.96. The average molecular weight is 347 g/mol. The van der Waals surface area contributed by atoms with Gasteiger partial charge >= 0.3 is 5.97 Å². The van der Waals surface area contributed by atoms with Gasteiger partial charge in [-0.2, -0.15) is 0 Å². The molecule has 1 amide bonds. The Hall–Kier alpha value is -1.88. The number of carbonyl (C=O) groups excluding carboxylic acids is 1. The topological polar surface area (TPSA) is 75.6 Å². The summed E-state index contributed by atoms with van der Waals surface area (Å²) in [6.07, 6.45) is 2.56. The molecule has 0 saturated carbocycles. The van der Waals surface area contributed by atoms with E-state index in [4.69, 9.17) is 9.84 Å². The Morgan fingerprint density at radius 3 is 2.48 bits per heavy atom. The minimum absolute atomic E-state index is 0.0209. The van der Waals surface area contributed by atoms with E-state index in [2.05, 4.69) is 50.4 Å². The van der Waals surface area contributed by atoms with Crippen molar-refractivity contribution in [2.24, 2.45) is 0 Å². The standard InChI is InChI=1S/C20H29NO4/c1-20(2,3)15-9-7-14(8-10-15)19(16-11-12-17(22)21-16)25-13-5-4-6-18(23)24/h7-10,16,19H,4-6,11-13H2,1-3H3,(H,21,22)(H,23,24). The van der Waals surface area contributed by atoms with Gasteiger partial charge in [-0.1, -0.05) is 45.0 Å². The summed E-state index contributed by atoms with van der Waals surface area (Å²) < 4.78 is 6.06. The van der Waals surface area contributed by atoms with Crippen LogP contribution in [-0.4, -0.2) is 29.6 Å². The number of hydrogen-bond acceptors (Lipinski definition) is 3. The van der Waals surface area contributed by atoms with Crippen molar-refractivity contribution in [3.05, 3.63) is 35.4 Å². The molecule has 1 fully saturated rings. The van der Waals surface area contributed by atoms with Gasteiger partial charge < -0.3 is 15.2 Å². The number of ether oxygens (including phenoxy) is 1. The monoisotopic (exact) mass is 347 g/mol. The first-order valence-electron chi connectivity index (χ1n) is 9.00. The van der Waals surface area contributed by atoms with Gasteiger partial charge in [-0.25, -0.2) is 0 Å². The van der Waals surface area contributed by atoms with Crippen LogP contribution >= 0.6 is 0 Å². The van der Waals surface area contributed by atoms with Crippen LogP contribution in [0, 0.1) is 0 Å². The summed E-state index contributed by atoms with van der Waals surface area (Å²) in [4.78, 5) is 22.2. The highest BCUT2D eigenvalue weighted by Crippen LogP contribution is 2.30. The molecule has 1 heterocycles. The smallest absolute Gasteiger partial charge is 0.303 e. The normalized spacial score (nSPS) is 18.8. The number of carboxylic acid groups (broad SMARTS) is 1. The van der Waals surface area contributed by atoms with Crippen molar-refractivity contribution < 1.29 is 19.4 Å². The van der Waals surface area contributed by atoms with Crippen molar-refractivity contribution in [1.82, 2.24) is 5.32 Å². The van der Waals surface area contributed by atoms with E-state index in [1.54, 1.807) is 0 Å². The fourth-order valence-electron chi connectivity index (χ4n) is 3.07. The molecule has 2 N–H and O–H groups in total. The van der Waals surface area contributed by atoms with Crippen molar-refractivity contribution in [1.29, 1.82) is 0 Å². The molecule has 1 aromatic carbocycles. The zero-order valence-electron chi connectivity index (χ0n) is 15.4. The molecule has 1 aromatic rings. The minimum atomic E-state index is -0.780. The molecule has 1 aliphatic heterocycles. The van der Waals surface area contributed by atoms with E-state index in [9.17, 15) is 9.59 Å². The van der Waals surface area contributed by atoms with E-state index in [1.807, 2.05) is 0 Å². The second kappa shape index (κ2) is 8.48. The maximum Gasteiger partial charge on any atom is 0.303 e. The maximum absolute atomic E-state index is 11.6. The summed E-state index contributed by atoms with van der Waals surface area (Å²) in [5.41, 5.74) is 2.40. The molecule has 0 spiro atoms. The van der Waals surface area contributed by atoms with Crippen molar-refractivity contribution >= 4 is 11.9 Å². The molecule has 1 saturated heterocycles. The third-order valence-electron chi connectivity index (χ3n) is 4.58. The molecule has 5 nitrogen and oxygen atoms in total. The number of nitrogens with one attached hydrogen (secondary N) is 1. The number of benzene rings is 1. The molecule has 0 bridgehead atoms. The summed E-state index contributed by atoms with van der Waals surface area (Å²) in [7, 11) is 0. The number of hydrogen-bond donors (Lipinski definition) is 2. The van der Waals surface area contributed by atoms with Gasteiger partial charge in [0.25, 0.3) is 0 Å². The lowest BCUT2D eigenvalue weighted by Gasteiger charge is -2.26. The van der Waals surface area contributed by atoms with Crippen LogP contribution < -0.4 is 5.32 Å². The lowest BCUT2D eigenvalue weighted by atomic mass is 9.86. The molecule has 2 atom stereocenters. The van der Waals surface area contributed by atoms with E-state index < -0.39 is 5.97 Å². The number of amides is 1. The molecule has 0 aliphatic carbocycles. The van der Waals surface area contributed by atoms with Crippen LogP contribution in [0.25, 0.3) is 0 Å². The van der Waals surface area contributed by atoms with E-state index in [1.165, 1.54) is 5.56 Å². The molecule has 25 heavy (non-hydrogen) atoms. The van der Waals surface area contributed by atoms with E-state index in [0.29, 0.717) is 25.9 Å². The number of carboxylic acids is 1. The van der Waals surface area contributed by atoms with Crippen molar-refractivity contribution in [3.63, 3.8) is 0 Å². The molecule has 2 unspecified atom stereocenters. The third kappa shape index (κ3) is 5.85. The summed E-state index contributed by atoms with van der Waals surface area (Å²) in [6.45, 7) is 7.02. The van der Waals surface area contributed by atoms with Gasteiger partial charge in [-0.05, 0) is 35.8 Å². The van der Waals surface area contributed by atoms with Crippen LogP contribution in [0.4, 0.5) is 0 Å². The highest BCUT2D eigenvalue weighted by molar-refractivity contribution is 5.78. The fourth-order valence-corrected chi connectivity index (χ4v) is 3.07. The summed E-state index contributed by atoms with van der Waals surface area (Å²) in [5.74, 6) is -0.715. The van der Waals surface area contributed by atoms with Crippen molar-refractivity contribution in [2.45, 2.75) is 70.4 Å². The van der Waals surface area contributed by atoms with Crippen LogP contribution in [0.15, 0.2) is 24.3 Å². The first-order chi connectivity index (χ1) is 11.8. The molecule has 2 rings (SSSR count). The maximum atomic E-state index is 11.6. The molecule has 1 aliphatic rings. The zero-order valence-corrected chi connectivity index (χ0v) is 15.4. The Bertz CT molecular complexity index is 589. The molecule has 138 valence electrons. The largest absolute Gasteiger partial charge is 0.481 e. The van der Waals surface area contributed by atoms with Crippen LogP contribution in [0.1, 0.15) is 70.1 Å². The minimum Gasteiger partial charge on any atom is -0.481 e. The quantitative estimate of drug-likeness (QED) is 0.705. The lowest BCUT2D eigenvalue weighted by molar-refractivity contribution is -0.137. The second-order valence-corrected chi connectivity index (χ2v) is 7.73. The summed E-state index contributed by atoms with van der Waals surface area (Å²) in [6, 6.07) is 8.37. The first-order valence-corrected chi connectivity index (χ1v) is 9.00. The van der Waals surface area contributed by atoms with Crippen LogP contribution in [0.3, 0.4) is 0 Å². The highest BCUT2D eigenvalue weighted by Gasteiger charge is 2.30. The number of carbonyl (C=O) groups is 2. The van der Waals surface area contributed by atoms with Crippen LogP contribution in [0.2, 0.25) is 0 Å². The van der Waals surface area contributed by atoms with Gasteiger partial charge in [-0.3, -0.25) is 9.59 Å². The third-order valence-corrected chi connectivity index (χ3v) is 4.58. The van der Waals surface area contributed by atoms with Crippen molar-refractivity contribution in [3.8, 4) is 0 Å². The van der Waals surface area contributed by atoms with Crippen LogP contribution in [0.5, 0.6) is 0 Å². The predicted molar refractivity (Wildman–Crippen MR) is 96.5 cm³/mol. The predicted octanol–water partition coefficient (Wildman–Crippen LogP) is 3.58. The number of aliphatic carboxylic acids is 1. The van der Waals surface area contributed by atoms with Gasteiger partial charge in [0.1, 0.15) is 6.10 Å². The van der Waals surface area contributed by atoms with Gasteiger partial charge in [0.15, 0.2) is 0 Å². The van der Waals surface area contributed by atoms with Crippen molar-refractivity contribution in [2.75, 3.05) is 6.61 Å². The molecule has 5 heteroatoms. The fraction of sp³-hybridized carbons (Fsp3) is 0.600. The Kier molecular flexibility index (Phi) is 6.59. The Labute approximate surface area is 149 Å². The van der Waals surface area contributed by atoms with E-state index in [-0.39, 0.29) is 29.9 Å². The zero-order chi connectivity index (χ0) is 18.4. The summed E-state index contributed by atoms with van der Waals surface area (Å²) in [5, 5.41) is 11.7. The van der Waals surface area contributed by atoms with Gasteiger partial charge in [0, 0.05) is 19.4 Å². The second-order valence-electron chi connectivity index (χ2n) is 7.73. The first kappa shape index (κ1) is 19.4. The van der Waals surface area contributed by atoms with Gasteiger partial charge in [-0.15, -0.1) is 0 Å². The number of rotatable bonds is 8. The summed E-state index contributed by atoms with van der Waals surface area (Å²) >= 11 is 0. The lowest BCUT2D eigenvalue weighted by Crippen LogP contribution is -2.33. The highest BCUT2D eigenvalue weighted by atomic mass is 16.5. The number of unbranched alkanes of at least 4 members (excludes halogenated alkanes) is 1. The molecule has 0 radical (unpaired) electrons. The Morgan fingerprint density at radius 2 is 1.96 bits per heavy atom. The van der Waals surface area contributed by atoms with E-state index in [0.717, 1.165) is 12.0 Å². The molecular weight excluding hydrogens is 318 g/mol.